The second-order valence-corrected chi connectivity index (χ2v) is 6.36. The van der Waals surface area contributed by atoms with Gasteiger partial charge < -0.3 is 20.5 Å². The molecule has 0 saturated heterocycles. The van der Waals surface area contributed by atoms with Crippen LogP contribution in [0.3, 0.4) is 0 Å². The van der Waals surface area contributed by atoms with Crippen LogP contribution in [-0.4, -0.2) is 31.2 Å². The van der Waals surface area contributed by atoms with Gasteiger partial charge in [-0.05, 0) is 24.1 Å². The number of halogens is 1. The Morgan fingerprint density at radius 2 is 2.08 bits per heavy atom. The van der Waals surface area contributed by atoms with Crippen molar-refractivity contribution in [3.05, 3.63) is 23.6 Å². The zero-order valence-corrected chi connectivity index (χ0v) is 16.4. The number of benzene rings is 1. The number of nitrogens with zero attached hydrogens (tertiary/aromatic N) is 1. The Morgan fingerprint density at radius 3 is 2.68 bits per heavy atom. The molecule has 1 aromatic carbocycles. The van der Waals surface area contributed by atoms with Crippen LogP contribution in [0.1, 0.15) is 20.3 Å². The Hall–Kier alpha value is -1.83. The third-order valence-electron chi connectivity index (χ3n) is 3.98. The first-order valence-corrected chi connectivity index (χ1v) is 8.62. The van der Waals surface area contributed by atoms with Gasteiger partial charge >= 0.3 is 0 Å². The number of hydrogen-bond donors (Lipinski definition) is 2. The van der Waals surface area contributed by atoms with Crippen molar-refractivity contribution in [1.29, 1.82) is 0 Å². The molecule has 6 nitrogen and oxygen atoms in total. The predicted molar refractivity (Wildman–Crippen MR) is 104 cm³/mol. The molecule has 25 heavy (non-hydrogen) atoms. The summed E-state index contributed by atoms with van der Waals surface area (Å²) in [6.45, 7) is 3.97. The van der Waals surface area contributed by atoms with Crippen molar-refractivity contribution in [3.8, 4) is 22.8 Å². The number of hydrogen-bond acceptors (Lipinski definition) is 6. The van der Waals surface area contributed by atoms with Gasteiger partial charge in [-0.25, -0.2) is 4.98 Å². The molecule has 2 aromatic rings. The van der Waals surface area contributed by atoms with Crippen molar-refractivity contribution >= 4 is 34.8 Å². The molecule has 2 atom stereocenters. The lowest BCUT2D eigenvalue weighted by Crippen LogP contribution is -2.40. The zero-order chi connectivity index (χ0) is 17.7. The van der Waals surface area contributed by atoms with Crippen LogP contribution in [-0.2, 0) is 4.79 Å². The molecule has 0 spiro atoms. The van der Waals surface area contributed by atoms with Crippen LogP contribution in [0, 0.1) is 5.92 Å². The summed E-state index contributed by atoms with van der Waals surface area (Å²) in [5.41, 5.74) is 7.47. The minimum absolute atomic E-state index is 0. The quantitative estimate of drug-likeness (QED) is 0.760. The molecule has 1 aromatic heterocycles. The third-order valence-corrected chi connectivity index (χ3v) is 4.73. The first-order valence-electron chi connectivity index (χ1n) is 7.74. The van der Waals surface area contributed by atoms with Crippen molar-refractivity contribution in [2.24, 2.45) is 11.7 Å². The van der Waals surface area contributed by atoms with Gasteiger partial charge in [0.1, 0.15) is 11.5 Å². The number of aromatic nitrogens is 1. The summed E-state index contributed by atoms with van der Waals surface area (Å²) in [4.78, 5) is 16.6. The Bertz CT molecular complexity index is 708. The summed E-state index contributed by atoms with van der Waals surface area (Å²) < 4.78 is 10.6. The molecule has 138 valence electrons. The largest absolute Gasteiger partial charge is 0.497 e. The highest BCUT2D eigenvalue weighted by Crippen LogP contribution is 2.35. The van der Waals surface area contributed by atoms with E-state index in [1.54, 1.807) is 14.2 Å². The number of amides is 1. The highest BCUT2D eigenvalue weighted by atomic mass is 35.5. The lowest BCUT2D eigenvalue weighted by Gasteiger charge is -2.16. The molecular formula is C17H24ClN3O3S. The number of thiazole rings is 1. The summed E-state index contributed by atoms with van der Waals surface area (Å²) in [6, 6.07) is 4.95. The van der Waals surface area contributed by atoms with E-state index in [0.29, 0.717) is 22.3 Å². The summed E-state index contributed by atoms with van der Waals surface area (Å²) in [5, 5.41) is 5.16. The molecule has 0 bridgehead atoms. The van der Waals surface area contributed by atoms with Crippen molar-refractivity contribution in [1.82, 2.24) is 4.98 Å². The van der Waals surface area contributed by atoms with Crippen LogP contribution in [0.2, 0.25) is 0 Å². The van der Waals surface area contributed by atoms with E-state index < -0.39 is 6.04 Å². The summed E-state index contributed by atoms with van der Waals surface area (Å²) in [7, 11) is 3.21. The lowest BCUT2D eigenvalue weighted by atomic mass is 10.00. The molecule has 0 fully saturated rings. The SMILES string of the molecule is CCC(C)C(N)C(=O)Nc1nc(-c2cc(OC)ccc2OC)cs1.Cl. The number of carbonyl (C=O) groups is 1. The van der Waals surface area contributed by atoms with Gasteiger partial charge in [0.15, 0.2) is 5.13 Å². The van der Waals surface area contributed by atoms with Crippen LogP contribution in [0.4, 0.5) is 5.13 Å². The van der Waals surface area contributed by atoms with Crippen molar-refractivity contribution in [2.45, 2.75) is 26.3 Å². The van der Waals surface area contributed by atoms with E-state index in [-0.39, 0.29) is 24.2 Å². The second-order valence-electron chi connectivity index (χ2n) is 5.50. The van der Waals surface area contributed by atoms with Crippen LogP contribution in [0.5, 0.6) is 11.5 Å². The van der Waals surface area contributed by atoms with E-state index in [9.17, 15) is 4.79 Å². The lowest BCUT2D eigenvalue weighted by molar-refractivity contribution is -0.118. The molecule has 2 rings (SSSR count). The average molecular weight is 386 g/mol. The Balaban J connectivity index is 0.00000312. The number of methoxy groups -OCH3 is 2. The molecule has 3 N–H and O–H groups in total. The van der Waals surface area contributed by atoms with E-state index in [2.05, 4.69) is 10.3 Å². The molecule has 0 aliphatic heterocycles. The topological polar surface area (TPSA) is 86.5 Å². The number of rotatable bonds is 7. The van der Waals surface area contributed by atoms with Gasteiger partial charge in [-0.15, -0.1) is 23.7 Å². The number of anilines is 1. The first-order chi connectivity index (χ1) is 11.5. The van der Waals surface area contributed by atoms with E-state index >= 15 is 0 Å². The molecule has 0 saturated carbocycles. The summed E-state index contributed by atoms with van der Waals surface area (Å²) >= 11 is 1.35. The van der Waals surface area contributed by atoms with Crippen molar-refractivity contribution < 1.29 is 14.3 Å². The fraction of sp³-hybridized carbons (Fsp3) is 0.412. The first kappa shape index (κ1) is 21.2. The monoisotopic (exact) mass is 385 g/mol. The maximum atomic E-state index is 12.2. The standard InChI is InChI=1S/C17H23N3O3S.ClH/c1-5-10(2)15(18)16(21)20-17-19-13(9-24-17)12-8-11(22-3)6-7-14(12)23-4;/h6-10,15H,5,18H2,1-4H3,(H,19,20,21);1H. The fourth-order valence-corrected chi connectivity index (χ4v) is 2.88. The van der Waals surface area contributed by atoms with Gasteiger partial charge in [-0.1, -0.05) is 20.3 Å². The molecular weight excluding hydrogens is 362 g/mol. The smallest absolute Gasteiger partial charge is 0.243 e. The van der Waals surface area contributed by atoms with Crippen molar-refractivity contribution in [3.63, 3.8) is 0 Å². The maximum Gasteiger partial charge on any atom is 0.243 e. The zero-order valence-electron chi connectivity index (χ0n) is 14.7. The van der Waals surface area contributed by atoms with E-state index in [1.165, 1.54) is 11.3 Å². The minimum atomic E-state index is -0.547. The number of nitrogens with two attached hydrogens (primary N) is 1. The number of ether oxygens (including phenoxy) is 2. The third kappa shape index (κ3) is 5.07. The Morgan fingerprint density at radius 1 is 1.36 bits per heavy atom. The molecule has 1 heterocycles. The minimum Gasteiger partial charge on any atom is -0.497 e. The Labute approximate surface area is 158 Å². The second kappa shape index (κ2) is 9.60. The fourth-order valence-electron chi connectivity index (χ4n) is 2.17. The van der Waals surface area contributed by atoms with Crippen molar-refractivity contribution in [2.75, 3.05) is 19.5 Å². The highest BCUT2D eigenvalue weighted by Gasteiger charge is 2.21. The van der Waals surface area contributed by atoms with Gasteiger partial charge in [0, 0.05) is 10.9 Å². The van der Waals surface area contributed by atoms with Gasteiger partial charge in [0.05, 0.1) is 26.0 Å². The summed E-state index contributed by atoms with van der Waals surface area (Å²) in [6.07, 6.45) is 0.846. The van der Waals surface area contributed by atoms with E-state index in [1.807, 2.05) is 37.4 Å². The number of carbonyl (C=O) groups excluding carboxylic acids is 1. The van der Waals surface area contributed by atoms with Gasteiger partial charge in [-0.2, -0.15) is 0 Å². The molecule has 0 aliphatic carbocycles. The van der Waals surface area contributed by atoms with Gasteiger partial charge in [0.25, 0.3) is 0 Å². The molecule has 2 unspecified atom stereocenters. The summed E-state index contributed by atoms with van der Waals surface area (Å²) in [5.74, 6) is 1.30. The maximum absolute atomic E-state index is 12.2. The highest BCUT2D eigenvalue weighted by molar-refractivity contribution is 7.14. The van der Waals surface area contributed by atoms with Crippen LogP contribution in [0.15, 0.2) is 23.6 Å². The molecule has 1 amide bonds. The number of nitrogens with one attached hydrogen (secondary N) is 1. The van der Waals surface area contributed by atoms with Crippen LogP contribution >= 0.6 is 23.7 Å². The predicted octanol–water partition coefficient (Wildman–Crippen LogP) is 3.56. The van der Waals surface area contributed by atoms with Crippen LogP contribution < -0.4 is 20.5 Å². The van der Waals surface area contributed by atoms with Gasteiger partial charge in [-0.3, -0.25) is 4.79 Å². The van der Waals surface area contributed by atoms with E-state index in [4.69, 9.17) is 15.2 Å². The molecule has 8 heteroatoms. The van der Waals surface area contributed by atoms with Gasteiger partial charge in [0.2, 0.25) is 5.91 Å². The van der Waals surface area contributed by atoms with Crippen LogP contribution in [0.25, 0.3) is 11.3 Å². The Kier molecular flexibility index (Phi) is 8.15. The molecule has 0 aliphatic rings. The van der Waals surface area contributed by atoms with E-state index in [0.717, 1.165) is 12.0 Å². The normalized spacial score (nSPS) is 12.7. The molecule has 0 radical (unpaired) electrons. The average Bonchev–Trinajstić information content (AvgIpc) is 3.07.